The number of likely N-dealkylation sites (N-methyl/N-ethyl adjacent to an activating group) is 1. The summed E-state index contributed by atoms with van der Waals surface area (Å²) in [7, 11) is 3.62. The number of rotatable bonds is 1. The molecule has 0 aliphatic carbocycles. The minimum absolute atomic E-state index is 0.218. The van der Waals surface area contributed by atoms with Gasteiger partial charge in [-0.2, -0.15) is 0 Å². The highest BCUT2D eigenvalue weighted by Gasteiger charge is 2.40. The maximum Gasteiger partial charge on any atom is 0.167 e. The number of likely N-dealkylation sites (tertiary alicyclic amines) is 1. The van der Waals surface area contributed by atoms with Gasteiger partial charge in [0.15, 0.2) is 5.78 Å². The van der Waals surface area contributed by atoms with Crippen LogP contribution in [0.2, 0.25) is 0 Å². The third-order valence-corrected chi connectivity index (χ3v) is 2.82. The molecule has 2 atom stereocenters. The molecule has 0 N–H and O–H groups in total. The number of hydrogen-bond acceptors (Lipinski definition) is 3. The molecule has 1 aliphatic rings. The van der Waals surface area contributed by atoms with Gasteiger partial charge in [0, 0.05) is 26.1 Å². The molecule has 0 bridgehead atoms. The van der Waals surface area contributed by atoms with Crippen molar-refractivity contribution in [3.05, 3.63) is 0 Å². The fraction of sp³-hybridized carbons (Fsp3) is 0.889. The highest BCUT2D eigenvalue weighted by atomic mass is 16.5. The molecule has 0 aromatic carbocycles. The molecule has 2 unspecified atom stereocenters. The fourth-order valence-corrected chi connectivity index (χ4v) is 1.54. The predicted molar refractivity (Wildman–Crippen MR) is 47.1 cm³/mol. The molecular formula is C9H17NO2. The first-order valence-electron chi connectivity index (χ1n) is 4.28. The largest absolute Gasteiger partial charge is 0.369 e. The first-order valence-corrected chi connectivity index (χ1v) is 4.28. The van der Waals surface area contributed by atoms with Crippen LogP contribution in [0.1, 0.15) is 20.3 Å². The van der Waals surface area contributed by atoms with Crippen LogP contribution >= 0.6 is 0 Å². The zero-order chi connectivity index (χ0) is 9.35. The molecule has 0 spiro atoms. The van der Waals surface area contributed by atoms with Crippen LogP contribution in [-0.2, 0) is 9.53 Å². The summed E-state index contributed by atoms with van der Waals surface area (Å²) in [6.07, 6.45) is 0.598. The number of hydrogen-bond donors (Lipinski definition) is 0. The minimum atomic E-state index is -0.582. The number of methoxy groups -OCH3 is 1. The smallest absolute Gasteiger partial charge is 0.167 e. The lowest BCUT2D eigenvalue weighted by atomic mass is 9.90. The van der Waals surface area contributed by atoms with E-state index in [1.54, 1.807) is 7.11 Å². The molecule has 0 saturated carbocycles. The Balaban J connectivity index is 2.74. The van der Waals surface area contributed by atoms with Crippen LogP contribution in [-0.4, -0.2) is 43.0 Å². The number of ketones is 1. The van der Waals surface area contributed by atoms with Gasteiger partial charge in [-0.1, -0.05) is 0 Å². The first-order chi connectivity index (χ1) is 5.49. The Kier molecular flexibility index (Phi) is 2.54. The molecule has 0 amide bonds. The number of piperidine rings is 1. The van der Waals surface area contributed by atoms with Gasteiger partial charge in [0.05, 0.1) is 0 Å². The van der Waals surface area contributed by atoms with Crippen LogP contribution in [0.15, 0.2) is 0 Å². The van der Waals surface area contributed by atoms with E-state index in [-0.39, 0.29) is 5.78 Å². The Morgan fingerprint density at radius 3 is 2.75 bits per heavy atom. The van der Waals surface area contributed by atoms with E-state index in [9.17, 15) is 4.79 Å². The van der Waals surface area contributed by atoms with Gasteiger partial charge in [-0.15, -0.1) is 0 Å². The van der Waals surface area contributed by atoms with Gasteiger partial charge < -0.3 is 4.74 Å². The molecule has 0 aromatic heterocycles. The van der Waals surface area contributed by atoms with Gasteiger partial charge >= 0.3 is 0 Å². The van der Waals surface area contributed by atoms with Crippen LogP contribution in [0, 0.1) is 0 Å². The zero-order valence-corrected chi connectivity index (χ0v) is 8.26. The monoisotopic (exact) mass is 171 g/mol. The van der Waals surface area contributed by atoms with E-state index >= 15 is 0 Å². The highest BCUT2D eigenvalue weighted by molar-refractivity contribution is 5.88. The second-order valence-electron chi connectivity index (χ2n) is 3.83. The van der Waals surface area contributed by atoms with Crippen LogP contribution < -0.4 is 0 Å². The van der Waals surface area contributed by atoms with Crippen molar-refractivity contribution < 1.29 is 9.53 Å². The standard InChI is InChI=1S/C9H17NO2/c1-7-5-8(11)9(2,12-4)6-10(7)3/h7H,5-6H2,1-4H3. The minimum Gasteiger partial charge on any atom is -0.369 e. The van der Waals surface area contributed by atoms with Gasteiger partial charge in [0.25, 0.3) is 0 Å². The van der Waals surface area contributed by atoms with Gasteiger partial charge in [0.2, 0.25) is 0 Å². The van der Waals surface area contributed by atoms with Crippen LogP contribution in [0.25, 0.3) is 0 Å². The van der Waals surface area contributed by atoms with E-state index in [2.05, 4.69) is 11.8 Å². The predicted octanol–water partition coefficient (Wildman–Crippen LogP) is 0.685. The summed E-state index contributed by atoms with van der Waals surface area (Å²) in [4.78, 5) is 13.7. The number of ether oxygens (including phenoxy) is 1. The van der Waals surface area contributed by atoms with E-state index in [4.69, 9.17) is 4.74 Å². The summed E-state index contributed by atoms with van der Waals surface area (Å²) >= 11 is 0. The van der Waals surface area contributed by atoms with Crippen molar-refractivity contribution in [1.29, 1.82) is 0 Å². The van der Waals surface area contributed by atoms with Gasteiger partial charge in [-0.3, -0.25) is 9.69 Å². The first kappa shape index (κ1) is 9.68. The maximum atomic E-state index is 11.6. The number of nitrogens with zero attached hydrogens (tertiary/aromatic N) is 1. The molecule has 1 saturated heterocycles. The van der Waals surface area contributed by atoms with Gasteiger partial charge in [-0.25, -0.2) is 0 Å². The summed E-state index contributed by atoms with van der Waals surface area (Å²) in [5, 5.41) is 0. The molecular weight excluding hydrogens is 154 g/mol. The van der Waals surface area contributed by atoms with Crippen LogP contribution in [0.3, 0.4) is 0 Å². The third kappa shape index (κ3) is 1.52. The molecule has 3 nitrogen and oxygen atoms in total. The highest BCUT2D eigenvalue weighted by Crippen LogP contribution is 2.23. The van der Waals surface area contributed by atoms with E-state index in [0.29, 0.717) is 19.0 Å². The summed E-state index contributed by atoms with van der Waals surface area (Å²) in [5.41, 5.74) is -0.582. The third-order valence-electron chi connectivity index (χ3n) is 2.82. The van der Waals surface area contributed by atoms with E-state index < -0.39 is 5.60 Å². The molecule has 3 heteroatoms. The zero-order valence-electron chi connectivity index (χ0n) is 8.26. The van der Waals surface area contributed by atoms with Crippen molar-refractivity contribution in [2.24, 2.45) is 0 Å². The topological polar surface area (TPSA) is 29.5 Å². The fourth-order valence-electron chi connectivity index (χ4n) is 1.54. The quantitative estimate of drug-likeness (QED) is 0.581. The van der Waals surface area contributed by atoms with E-state index in [0.717, 1.165) is 0 Å². The van der Waals surface area contributed by atoms with Crippen LogP contribution in [0.4, 0.5) is 0 Å². The van der Waals surface area contributed by atoms with E-state index in [1.807, 2.05) is 14.0 Å². The Morgan fingerprint density at radius 2 is 2.25 bits per heavy atom. The lowest BCUT2D eigenvalue weighted by Gasteiger charge is -2.40. The Hall–Kier alpha value is -0.410. The SMILES string of the molecule is COC1(C)CN(C)C(C)CC1=O. The summed E-state index contributed by atoms with van der Waals surface area (Å²) in [6.45, 7) is 4.62. The van der Waals surface area contributed by atoms with Crippen molar-refractivity contribution >= 4 is 5.78 Å². The van der Waals surface area contributed by atoms with Crippen molar-refractivity contribution in [3.8, 4) is 0 Å². The lowest BCUT2D eigenvalue weighted by molar-refractivity contribution is -0.148. The van der Waals surface area contributed by atoms with Gasteiger partial charge in [-0.05, 0) is 20.9 Å². The lowest BCUT2D eigenvalue weighted by Crippen LogP contribution is -2.55. The second kappa shape index (κ2) is 3.15. The Bertz CT molecular complexity index is 193. The van der Waals surface area contributed by atoms with Crippen molar-refractivity contribution in [3.63, 3.8) is 0 Å². The molecule has 0 radical (unpaired) electrons. The van der Waals surface area contributed by atoms with E-state index in [1.165, 1.54) is 0 Å². The summed E-state index contributed by atoms with van der Waals surface area (Å²) < 4.78 is 5.22. The number of carbonyl (C=O) groups is 1. The van der Waals surface area contributed by atoms with Crippen molar-refractivity contribution in [2.45, 2.75) is 31.9 Å². The molecule has 12 heavy (non-hydrogen) atoms. The number of Topliss-reactive ketones (excluding diaryl/α,β-unsaturated/α-hetero) is 1. The van der Waals surface area contributed by atoms with Crippen LogP contribution in [0.5, 0.6) is 0 Å². The molecule has 1 fully saturated rings. The summed E-state index contributed by atoms with van der Waals surface area (Å²) in [6, 6.07) is 0.348. The molecule has 0 aromatic rings. The number of carbonyl (C=O) groups excluding carboxylic acids is 1. The van der Waals surface area contributed by atoms with Crippen molar-refractivity contribution in [1.82, 2.24) is 4.90 Å². The Morgan fingerprint density at radius 1 is 1.67 bits per heavy atom. The second-order valence-corrected chi connectivity index (χ2v) is 3.83. The Labute approximate surface area is 73.7 Å². The average Bonchev–Trinajstić information content (AvgIpc) is 2.01. The average molecular weight is 171 g/mol. The molecule has 1 aliphatic heterocycles. The normalized spacial score (nSPS) is 38.7. The van der Waals surface area contributed by atoms with Crippen molar-refractivity contribution in [2.75, 3.05) is 20.7 Å². The van der Waals surface area contributed by atoms with Gasteiger partial charge in [0.1, 0.15) is 5.60 Å². The molecule has 1 rings (SSSR count). The molecule has 70 valence electrons. The molecule has 1 heterocycles. The summed E-state index contributed by atoms with van der Waals surface area (Å²) in [5.74, 6) is 0.218. The maximum absolute atomic E-state index is 11.6.